The number of benzene rings is 1. The number of halogens is 6. The Hall–Kier alpha value is -0.750. The molecule has 14 heteroatoms. The first-order valence-corrected chi connectivity index (χ1v) is 10.6. The maximum atomic E-state index is 14.6. The third kappa shape index (κ3) is 4.21. The van der Waals surface area contributed by atoms with E-state index in [9.17, 15) is 25.8 Å². The summed E-state index contributed by atoms with van der Waals surface area (Å²) in [4.78, 5) is 0. The molecular formula is C9H10F6N3O2P3. The average molecular weight is 399 g/mol. The monoisotopic (exact) mass is 399 g/mol. The summed E-state index contributed by atoms with van der Waals surface area (Å²) in [5.41, 5.74) is 0. The highest BCUT2D eigenvalue weighted by atomic mass is 31.3. The summed E-state index contributed by atoms with van der Waals surface area (Å²) in [6.45, 7) is 0.751. The standard InChI is InChI=1S/C9H10F6N3O2P3/c1-2-19-22(14)16-21(13,9(10,11)12)17-23(15,18-22)20-8-6-4-3-5-7-8/h3-7H,2H2,1H3. The SMILES string of the molecule is CCOP1(F)=NP(F)(Oc2ccccc2)=NP(F)(C(F)(F)F)=N1. The van der Waals surface area contributed by atoms with Gasteiger partial charge in [-0.3, -0.25) is 0 Å². The van der Waals surface area contributed by atoms with Gasteiger partial charge in [0, 0.05) is 0 Å². The number of rotatable bonds is 4. The van der Waals surface area contributed by atoms with Gasteiger partial charge in [-0.1, -0.05) is 18.2 Å². The van der Waals surface area contributed by atoms with Crippen LogP contribution in [0.1, 0.15) is 6.92 Å². The summed E-state index contributed by atoms with van der Waals surface area (Å²) in [5.74, 6) is -5.94. The number of hydrogen-bond acceptors (Lipinski definition) is 5. The Balaban J connectivity index is 2.62. The molecule has 0 aromatic heterocycles. The van der Waals surface area contributed by atoms with E-state index in [-0.39, 0.29) is 5.75 Å². The van der Waals surface area contributed by atoms with Crippen LogP contribution in [0.4, 0.5) is 25.8 Å². The fourth-order valence-corrected chi connectivity index (χ4v) is 8.51. The van der Waals surface area contributed by atoms with Gasteiger partial charge in [0.2, 0.25) is 0 Å². The molecule has 3 atom stereocenters. The topological polar surface area (TPSA) is 55.5 Å². The van der Waals surface area contributed by atoms with E-state index in [1.165, 1.54) is 37.3 Å². The van der Waals surface area contributed by atoms with Crippen molar-refractivity contribution in [2.24, 2.45) is 13.5 Å². The van der Waals surface area contributed by atoms with Gasteiger partial charge in [0.05, 0.1) is 6.61 Å². The van der Waals surface area contributed by atoms with Gasteiger partial charge in [0.15, 0.2) is 0 Å². The molecule has 0 saturated heterocycles. The van der Waals surface area contributed by atoms with Crippen LogP contribution in [0.15, 0.2) is 43.9 Å². The van der Waals surface area contributed by atoms with Gasteiger partial charge in [-0.2, -0.15) is 26.1 Å². The molecule has 0 saturated carbocycles. The second-order valence-corrected chi connectivity index (χ2v) is 10.1. The molecule has 0 fully saturated rings. The minimum Gasteiger partial charge on any atom is -0.419 e. The van der Waals surface area contributed by atoms with Crippen molar-refractivity contribution in [2.45, 2.75) is 12.8 Å². The van der Waals surface area contributed by atoms with Crippen LogP contribution < -0.4 is 4.52 Å². The van der Waals surface area contributed by atoms with Crippen molar-refractivity contribution in [1.82, 2.24) is 0 Å². The van der Waals surface area contributed by atoms with E-state index in [4.69, 9.17) is 0 Å². The highest BCUT2D eigenvalue weighted by Gasteiger charge is 2.57. The molecule has 1 aromatic rings. The summed E-state index contributed by atoms with van der Waals surface area (Å²) in [6.07, 6.45) is 0. The molecular weight excluding hydrogens is 389 g/mol. The fourth-order valence-electron chi connectivity index (χ4n) is 1.45. The zero-order valence-electron chi connectivity index (χ0n) is 11.4. The summed E-state index contributed by atoms with van der Waals surface area (Å²) < 4.78 is 98.0. The highest BCUT2D eigenvalue weighted by molar-refractivity contribution is 7.80. The van der Waals surface area contributed by atoms with Gasteiger partial charge in [-0.15, -0.1) is 13.2 Å². The molecule has 0 N–H and O–H groups in total. The van der Waals surface area contributed by atoms with Crippen LogP contribution in [-0.4, -0.2) is 12.5 Å². The summed E-state index contributed by atoms with van der Waals surface area (Å²) >= 11 is 0. The molecule has 0 amide bonds. The molecule has 2 rings (SSSR count). The molecule has 0 spiro atoms. The molecule has 0 radical (unpaired) electrons. The molecule has 3 unspecified atom stereocenters. The van der Waals surface area contributed by atoms with Crippen LogP contribution >= 0.6 is 23.0 Å². The Bertz CT molecular complexity index is 751. The largest absolute Gasteiger partial charge is 0.472 e. The van der Waals surface area contributed by atoms with Gasteiger partial charge in [-0.25, -0.2) is 0 Å². The Labute approximate surface area is 127 Å². The molecule has 0 bridgehead atoms. The molecule has 1 aromatic carbocycles. The highest BCUT2D eigenvalue weighted by Crippen LogP contribution is 2.84. The predicted octanol–water partition coefficient (Wildman–Crippen LogP) is 7.47. The molecule has 130 valence electrons. The molecule has 0 aliphatic carbocycles. The first-order valence-electron chi connectivity index (χ1n) is 5.97. The minimum atomic E-state index is -6.20. The van der Waals surface area contributed by atoms with Crippen molar-refractivity contribution < 1.29 is 34.8 Å². The fraction of sp³-hybridized carbons (Fsp3) is 0.333. The van der Waals surface area contributed by atoms with Gasteiger partial charge < -0.3 is 9.05 Å². The second-order valence-electron chi connectivity index (χ2n) is 4.03. The zero-order chi connectivity index (χ0) is 17.4. The van der Waals surface area contributed by atoms with Gasteiger partial charge in [0.1, 0.15) is 5.75 Å². The molecule has 1 aliphatic heterocycles. The van der Waals surface area contributed by atoms with E-state index in [1.54, 1.807) is 0 Å². The molecule has 1 aliphatic rings. The lowest BCUT2D eigenvalue weighted by Gasteiger charge is -2.24. The summed E-state index contributed by atoms with van der Waals surface area (Å²) in [5, 5.41) is 0. The van der Waals surface area contributed by atoms with Crippen LogP contribution in [0.2, 0.25) is 0 Å². The van der Waals surface area contributed by atoms with Crippen molar-refractivity contribution in [1.29, 1.82) is 0 Å². The summed E-state index contributed by atoms with van der Waals surface area (Å²) in [6, 6.07) is 6.66. The van der Waals surface area contributed by atoms with Crippen LogP contribution in [0.3, 0.4) is 0 Å². The van der Waals surface area contributed by atoms with Crippen LogP contribution in [-0.2, 0) is 4.52 Å². The lowest BCUT2D eigenvalue weighted by molar-refractivity contribution is -0.0465. The van der Waals surface area contributed by atoms with Gasteiger partial charge in [-0.05, 0) is 19.1 Å². The maximum absolute atomic E-state index is 14.6. The average Bonchev–Trinajstić information content (AvgIpc) is 2.36. The van der Waals surface area contributed by atoms with Crippen molar-refractivity contribution >= 4 is 23.0 Å². The number of alkyl halides is 3. The van der Waals surface area contributed by atoms with E-state index in [1.807, 2.05) is 0 Å². The molecule has 1 heterocycles. The molecule has 23 heavy (non-hydrogen) atoms. The number of nitrogens with zero attached hydrogens (tertiary/aromatic N) is 3. The number of para-hydroxylation sites is 1. The smallest absolute Gasteiger partial charge is 0.419 e. The Kier molecular flexibility index (Phi) is 5.07. The minimum absolute atomic E-state index is 0.269. The molecule has 5 nitrogen and oxygen atoms in total. The Morgan fingerprint density at radius 1 is 0.957 bits per heavy atom. The lowest BCUT2D eigenvalue weighted by atomic mass is 10.3. The van der Waals surface area contributed by atoms with Crippen LogP contribution in [0, 0.1) is 0 Å². The third-order valence-electron chi connectivity index (χ3n) is 2.26. The lowest BCUT2D eigenvalue weighted by Crippen LogP contribution is -2.06. The Morgan fingerprint density at radius 3 is 2.09 bits per heavy atom. The van der Waals surface area contributed by atoms with Crippen molar-refractivity contribution in [3.63, 3.8) is 0 Å². The van der Waals surface area contributed by atoms with Crippen molar-refractivity contribution in [3.8, 4) is 5.75 Å². The first-order chi connectivity index (χ1) is 10.5. The van der Waals surface area contributed by atoms with Gasteiger partial charge >= 0.3 is 28.9 Å². The van der Waals surface area contributed by atoms with E-state index in [0.29, 0.717) is 0 Å². The quantitative estimate of drug-likeness (QED) is 0.390. The normalized spacial score (nSPS) is 34.0. The van der Waals surface area contributed by atoms with Gasteiger partial charge in [0.25, 0.3) is 0 Å². The van der Waals surface area contributed by atoms with Crippen molar-refractivity contribution in [3.05, 3.63) is 30.3 Å². The first kappa shape index (κ1) is 18.6. The summed E-state index contributed by atoms with van der Waals surface area (Å²) in [7, 11) is -16.7. The zero-order valence-corrected chi connectivity index (χ0v) is 14.0. The van der Waals surface area contributed by atoms with E-state index in [2.05, 4.69) is 22.6 Å². The second kappa shape index (κ2) is 6.28. The van der Waals surface area contributed by atoms with Crippen molar-refractivity contribution in [2.75, 3.05) is 6.61 Å². The number of hydrogen-bond donors (Lipinski definition) is 0. The Morgan fingerprint density at radius 2 is 1.57 bits per heavy atom. The third-order valence-corrected chi connectivity index (χ3v) is 9.36. The van der Waals surface area contributed by atoms with Crippen LogP contribution in [0.25, 0.3) is 0 Å². The van der Waals surface area contributed by atoms with E-state index >= 15 is 0 Å². The van der Waals surface area contributed by atoms with Crippen LogP contribution in [0.5, 0.6) is 5.75 Å². The van der Waals surface area contributed by atoms with E-state index < -0.39 is 35.5 Å². The maximum Gasteiger partial charge on any atom is 0.472 e. The predicted molar refractivity (Wildman–Crippen MR) is 76.1 cm³/mol. The van der Waals surface area contributed by atoms with E-state index in [0.717, 1.165) is 0 Å².